The molecule has 170 valence electrons. The number of para-hydroxylation sites is 2. The van der Waals surface area contributed by atoms with E-state index in [1.54, 1.807) is 4.57 Å². The molecule has 1 aromatic carbocycles. The van der Waals surface area contributed by atoms with Crippen LogP contribution in [0.5, 0.6) is 0 Å². The van der Waals surface area contributed by atoms with Crippen LogP contribution in [0.3, 0.4) is 0 Å². The van der Waals surface area contributed by atoms with Gasteiger partial charge in [0.2, 0.25) is 11.7 Å². The highest BCUT2D eigenvalue weighted by Gasteiger charge is 2.22. The van der Waals surface area contributed by atoms with E-state index < -0.39 is 0 Å². The van der Waals surface area contributed by atoms with Crippen LogP contribution in [-0.4, -0.2) is 52.4 Å². The molecule has 0 spiro atoms. The van der Waals surface area contributed by atoms with E-state index in [9.17, 15) is 4.79 Å². The van der Waals surface area contributed by atoms with E-state index in [1.807, 2.05) is 42.8 Å². The molecule has 5 rings (SSSR count). The first-order valence-electron chi connectivity index (χ1n) is 11.0. The number of aromatic nitrogens is 8. The summed E-state index contributed by atoms with van der Waals surface area (Å²) in [6, 6.07) is 7.69. The number of hydrogen-bond donors (Lipinski definition) is 1. The van der Waals surface area contributed by atoms with Crippen molar-refractivity contribution in [2.45, 2.75) is 33.2 Å². The number of aryl methyl sites for hydroxylation is 2. The van der Waals surface area contributed by atoms with Gasteiger partial charge in [0.25, 0.3) is 5.89 Å². The van der Waals surface area contributed by atoms with Crippen LogP contribution in [0.1, 0.15) is 26.2 Å². The van der Waals surface area contributed by atoms with E-state index in [4.69, 9.17) is 9.40 Å². The average Bonchev–Trinajstić information content (AvgIpc) is 3.52. The molecule has 0 atom stereocenters. The van der Waals surface area contributed by atoms with Crippen molar-refractivity contribution in [3.63, 3.8) is 0 Å². The Hall–Kier alpha value is -4.02. The molecule has 0 radical (unpaired) electrons. The van der Waals surface area contributed by atoms with Gasteiger partial charge < -0.3 is 18.9 Å². The maximum atomic E-state index is 12.5. The lowest BCUT2D eigenvalue weighted by Crippen LogP contribution is -2.31. The van der Waals surface area contributed by atoms with Gasteiger partial charge in [-0.25, -0.2) is 19.7 Å². The van der Waals surface area contributed by atoms with E-state index in [-0.39, 0.29) is 5.69 Å². The number of nitrogens with one attached hydrogen (secondary N) is 1. The summed E-state index contributed by atoms with van der Waals surface area (Å²) in [5, 5.41) is 8.18. The third-order valence-electron chi connectivity index (χ3n) is 5.67. The van der Waals surface area contributed by atoms with Gasteiger partial charge in [-0.1, -0.05) is 26.0 Å². The van der Waals surface area contributed by atoms with Gasteiger partial charge in [-0.2, -0.15) is 0 Å². The van der Waals surface area contributed by atoms with Crippen LogP contribution in [0.2, 0.25) is 0 Å². The SMILES string of the molecule is CCCN(CCn1c(=O)[nH]c2ccccc21)c1ncnc2c1nc(-c1nnc(CC)o1)n2C. The zero-order valence-corrected chi connectivity index (χ0v) is 18.8. The highest BCUT2D eigenvalue weighted by atomic mass is 16.4. The topological polar surface area (TPSA) is 124 Å². The van der Waals surface area contributed by atoms with Crippen LogP contribution in [0.25, 0.3) is 33.9 Å². The number of anilines is 1. The van der Waals surface area contributed by atoms with Crippen molar-refractivity contribution in [1.29, 1.82) is 0 Å². The Kier molecular flexibility index (Phi) is 5.37. The predicted molar refractivity (Wildman–Crippen MR) is 124 cm³/mol. The molecule has 4 heterocycles. The molecular weight excluding hydrogens is 422 g/mol. The Labute approximate surface area is 189 Å². The Morgan fingerprint density at radius 1 is 1.12 bits per heavy atom. The molecule has 0 saturated heterocycles. The molecular formula is C22H25N9O2. The quantitative estimate of drug-likeness (QED) is 0.385. The number of nitrogens with zero attached hydrogens (tertiary/aromatic N) is 8. The van der Waals surface area contributed by atoms with Gasteiger partial charge in [0.05, 0.1) is 11.0 Å². The molecule has 0 unspecified atom stereocenters. The second-order valence-corrected chi connectivity index (χ2v) is 7.80. The van der Waals surface area contributed by atoms with E-state index in [1.165, 1.54) is 6.33 Å². The summed E-state index contributed by atoms with van der Waals surface area (Å²) >= 11 is 0. The van der Waals surface area contributed by atoms with E-state index in [2.05, 4.69) is 37.0 Å². The molecule has 0 fully saturated rings. The normalized spacial score (nSPS) is 11.6. The number of hydrogen-bond acceptors (Lipinski definition) is 8. The van der Waals surface area contributed by atoms with Gasteiger partial charge >= 0.3 is 5.69 Å². The first-order chi connectivity index (χ1) is 16.1. The number of imidazole rings is 2. The predicted octanol–water partition coefficient (Wildman–Crippen LogP) is 2.54. The Morgan fingerprint density at radius 3 is 2.76 bits per heavy atom. The van der Waals surface area contributed by atoms with E-state index >= 15 is 0 Å². The second-order valence-electron chi connectivity index (χ2n) is 7.80. The van der Waals surface area contributed by atoms with E-state index in [0.29, 0.717) is 54.1 Å². The van der Waals surface area contributed by atoms with Gasteiger partial charge in [-0.3, -0.25) is 4.57 Å². The minimum Gasteiger partial charge on any atom is -0.418 e. The second kappa shape index (κ2) is 8.49. The fraction of sp³-hybridized carbons (Fsp3) is 0.364. The first kappa shape index (κ1) is 20.9. The van der Waals surface area contributed by atoms with Crippen molar-refractivity contribution >= 4 is 28.0 Å². The van der Waals surface area contributed by atoms with Crippen molar-refractivity contribution in [3.05, 3.63) is 47.0 Å². The molecule has 0 bridgehead atoms. The molecule has 0 aliphatic heterocycles. The van der Waals surface area contributed by atoms with Crippen LogP contribution in [0.15, 0.2) is 39.8 Å². The Morgan fingerprint density at radius 2 is 1.97 bits per heavy atom. The Bertz CT molecular complexity index is 1480. The highest BCUT2D eigenvalue weighted by molar-refractivity contribution is 5.86. The standard InChI is InChI=1S/C22H25N9O2/c1-4-10-30(11-12-31-15-9-7-6-8-14(15)25-22(31)32)19-17-18(23-13-24-19)29(3)20(26-17)21-28-27-16(5-2)33-21/h6-9,13H,4-5,10-12H2,1-3H3,(H,25,32). The maximum absolute atomic E-state index is 12.5. The van der Waals surface area contributed by atoms with Gasteiger partial charge in [0.15, 0.2) is 17.0 Å². The lowest BCUT2D eigenvalue weighted by atomic mass is 10.3. The van der Waals surface area contributed by atoms with Gasteiger partial charge in [0.1, 0.15) is 6.33 Å². The molecule has 1 N–H and O–H groups in total. The maximum Gasteiger partial charge on any atom is 0.326 e. The first-order valence-corrected chi connectivity index (χ1v) is 11.0. The lowest BCUT2D eigenvalue weighted by molar-refractivity contribution is 0.507. The minimum absolute atomic E-state index is 0.122. The molecule has 33 heavy (non-hydrogen) atoms. The fourth-order valence-electron chi connectivity index (χ4n) is 4.04. The molecule has 5 aromatic rings. The number of rotatable bonds is 8. The molecule has 11 heteroatoms. The molecule has 0 aliphatic rings. The van der Waals surface area contributed by atoms with Gasteiger partial charge in [-0.15, -0.1) is 10.2 Å². The van der Waals surface area contributed by atoms with E-state index in [0.717, 1.165) is 24.0 Å². The average molecular weight is 448 g/mol. The number of fused-ring (bicyclic) bond motifs is 2. The van der Waals surface area contributed by atoms with Crippen molar-refractivity contribution < 1.29 is 4.42 Å². The largest absolute Gasteiger partial charge is 0.418 e. The minimum atomic E-state index is -0.122. The van der Waals surface area contributed by atoms with Crippen molar-refractivity contribution in [3.8, 4) is 11.7 Å². The number of H-pyrrole nitrogens is 1. The van der Waals surface area contributed by atoms with Crippen molar-refractivity contribution in [2.75, 3.05) is 18.0 Å². The molecule has 0 amide bonds. The van der Waals surface area contributed by atoms with Gasteiger partial charge in [0, 0.05) is 33.1 Å². The summed E-state index contributed by atoms with van der Waals surface area (Å²) in [4.78, 5) is 31.3. The smallest absolute Gasteiger partial charge is 0.326 e. The fourth-order valence-corrected chi connectivity index (χ4v) is 4.04. The monoisotopic (exact) mass is 447 g/mol. The van der Waals surface area contributed by atoms with Crippen molar-refractivity contribution in [1.82, 2.24) is 39.3 Å². The molecule has 11 nitrogen and oxygen atoms in total. The van der Waals surface area contributed by atoms with Gasteiger partial charge in [-0.05, 0) is 18.6 Å². The Balaban J connectivity index is 1.51. The third-order valence-corrected chi connectivity index (χ3v) is 5.67. The summed E-state index contributed by atoms with van der Waals surface area (Å²) in [7, 11) is 1.87. The van der Waals surface area contributed by atoms with Crippen molar-refractivity contribution in [2.24, 2.45) is 7.05 Å². The number of benzene rings is 1. The molecule has 0 saturated carbocycles. The molecule has 0 aliphatic carbocycles. The summed E-state index contributed by atoms with van der Waals surface area (Å²) in [5.74, 6) is 2.17. The van der Waals surface area contributed by atoms with Crippen LogP contribution < -0.4 is 10.6 Å². The molecule has 4 aromatic heterocycles. The lowest BCUT2D eigenvalue weighted by Gasteiger charge is -2.23. The number of aromatic amines is 1. The summed E-state index contributed by atoms with van der Waals surface area (Å²) < 4.78 is 9.31. The highest BCUT2D eigenvalue weighted by Crippen LogP contribution is 2.27. The van der Waals surface area contributed by atoms with Crippen LogP contribution in [0.4, 0.5) is 5.82 Å². The summed E-state index contributed by atoms with van der Waals surface area (Å²) in [6.45, 7) is 5.93. The zero-order chi connectivity index (χ0) is 22.9. The zero-order valence-electron chi connectivity index (χ0n) is 18.8. The van der Waals surface area contributed by atoms with Crippen LogP contribution >= 0.6 is 0 Å². The van der Waals surface area contributed by atoms with Crippen LogP contribution in [-0.2, 0) is 20.0 Å². The van der Waals surface area contributed by atoms with Crippen LogP contribution in [0, 0.1) is 0 Å². The summed E-state index contributed by atoms with van der Waals surface area (Å²) in [6.07, 6.45) is 3.10. The summed E-state index contributed by atoms with van der Waals surface area (Å²) in [5.41, 5.74) is 2.93. The third kappa shape index (κ3) is 3.65.